The van der Waals surface area contributed by atoms with E-state index in [4.69, 9.17) is 4.74 Å². The van der Waals surface area contributed by atoms with E-state index in [1.54, 1.807) is 6.07 Å². The van der Waals surface area contributed by atoms with Crippen molar-refractivity contribution in [3.05, 3.63) is 46.5 Å². The second-order valence-corrected chi connectivity index (χ2v) is 6.32. The van der Waals surface area contributed by atoms with E-state index in [1.807, 2.05) is 4.90 Å². The highest BCUT2D eigenvalue weighted by Gasteiger charge is 2.25. The minimum atomic E-state index is -0.777. The minimum Gasteiger partial charge on any atom is -0.452 e. The lowest BCUT2D eigenvalue weighted by Crippen LogP contribution is -2.34. The van der Waals surface area contributed by atoms with Crippen LogP contribution in [0.3, 0.4) is 0 Å². The van der Waals surface area contributed by atoms with Gasteiger partial charge in [-0.05, 0) is 30.9 Å². The Kier molecular flexibility index (Phi) is 6.71. The third-order valence-electron chi connectivity index (χ3n) is 4.18. The van der Waals surface area contributed by atoms with Crippen molar-refractivity contribution in [1.82, 2.24) is 5.32 Å². The predicted molar refractivity (Wildman–Crippen MR) is 97.2 cm³/mol. The molecule has 140 valence electrons. The van der Waals surface area contributed by atoms with Crippen molar-refractivity contribution in [2.45, 2.75) is 19.8 Å². The zero-order valence-electron chi connectivity index (χ0n) is 14.8. The lowest BCUT2D eigenvalue weighted by Gasteiger charge is -2.32. The average molecular weight is 361 g/mol. The summed E-state index contributed by atoms with van der Waals surface area (Å²) in [6.07, 6.45) is 3.58. The molecular formula is C18H23N3O5. The van der Waals surface area contributed by atoms with E-state index in [1.165, 1.54) is 18.2 Å². The van der Waals surface area contributed by atoms with E-state index in [9.17, 15) is 19.7 Å². The number of ether oxygens (including phenoxy) is 1. The lowest BCUT2D eigenvalue weighted by molar-refractivity contribution is -0.384. The number of nitro groups is 1. The molecule has 26 heavy (non-hydrogen) atoms. The van der Waals surface area contributed by atoms with Gasteiger partial charge in [0.1, 0.15) is 5.69 Å². The van der Waals surface area contributed by atoms with Crippen LogP contribution in [0.2, 0.25) is 0 Å². The first-order valence-corrected chi connectivity index (χ1v) is 8.50. The molecule has 1 atom stereocenters. The Morgan fingerprint density at radius 2 is 2.27 bits per heavy atom. The second-order valence-electron chi connectivity index (χ2n) is 6.32. The first-order valence-electron chi connectivity index (χ1n) is 8.50. The molecule has 0 aliphatic carbocycles. The van der Waals surface area contributed by atoms with Crippen molar-refractivity contribution >= 4 is 23.3 Å². The molecule has 1 amide bonds. The monoisotopic (exact) mass is 361 g/mol. The first kappa shape index (κ1) is 19.4. The van der Waals surface area contributed by atoms with Crippen molar-refractivity contribution in [2.75, 3.05) is 31.1 Å². The number of piperidine rings is 1. The molecule has 0 saturated carbocycles. The van der Waals surface area contributed by atoms with Crippen LogP contribution in [0.15, 0.2) is 30.9 Å². The number of anilines is 1. The Bertz CT molecular complexity index is 704. The molecule has 1 heterocycles. The predicted octanol–water partition coefficient (Wildman–Crippen LogP) is 2.29. The van der Waals surface area contributed by atoms with E-state index in [0.29, 0.717) is 11.6 Å². The molecule has 8 heteroatoms. The molecule has 1 aromatic carbocycles. The topological polar surface area (TPSA) is 102 Å². The molecule has 1 aromatic rings. The number of nitro benzene ring substituents is 1. The van der Waals surface area contributed by atoms with Gasteiger partial charge in [-0.2, -0.15) is 0 Å². The average Bonchev–Trinajstić information content (AvgIpc) is 2.63. The molecule has 0 spiro atoms. The summed E-state index contributed by atoms with van der Waals surface area (Å²) >= 11 is 0. The van der Waals surface area contributed by atoms with E-state index >= 15 is 0 Å². The van der Waals surface area contributed by atoms with Gasteiger partial charge in [-0.3, -0.25) is 14.9 Å². The van der Waals surface area contributed by atoms with E-state index in [-0.39, 0.29) is 17.8 Å². The van der Waals surface area contributed by atoms with Crippen molar-refractivity contribution in [3.63, 3.8) is 0 Å². The number of esters is 1. The van der Waals surface area contributed by atoms with Gasteiger partial charge < -0.3 is 15.0 Å². The summed E-state index contributed by atoms with van der Waals surface area (Å²) in [6.45, 7) is 6.88. The highest BCUT2D eigenvalue weighted by molar-refractivity contribution is 5.93. The van der Waals surface area contributed by atoms with Gasteiger partial charge in [0, 0.05) is 25.7 Å². The normalized spacial score (nSPS) is 16.7. The van der Waals surface area contributed by atoms with E-state index in [2.05, 4.69) is 18.8 Å². The Morgan fingerprint density at radius 3 is 2.92 bits per heavy atom. The largest absolute Gasteiger partial charge is 0.452 e. The number of benzene rings is 1. The summed E-state index contributed by atoms with van der Waals surface area (Å²) in [5.41, 5.74) is 0.411. The standard InChI is InChI=1S/C18H23N3O5/c1-3-8-19-17(22)12-26-18(23)14-6-7-15(16(10-14)21(24)25)20-9-4-5-13(2)11-20/h3,6-7,10,13H,1,4-5,8-9,11-12H2,2H3,(H,19,22). The van der Waals surface area contributed by atoms with Crippen LogP contribution in [0.25, 0.3) is 0 Å². The highest BCUT2D eigenvalue weighted by atomic mass is 16.6. The zero-order chi connectivity index (χ0) is 19.1. The summed E-state index contributed by atoms with van der Waals surface area (Å²) in [4.78, 5) is 36.5. The Hall–Kier alpha value is -2.90. The number of hydrogen-bond acceptors (Lipinski definition) is 6. The van der Waals surface area contributed by atoms with Gasteiger partial charge in [-0.15, -0.1) is 6.58 Å². The quantitative estimate of drug-likeness (QED) is 0.346. The number of carbonyl (C=O) groups excluding carboxylic acids is 2. The molecule has 0 bridgehead atoms. The zero-order valence-corrected chi connectivity index (χ0v) is 14.8. The van der Waals surface area contributed by atoms with Crippen LogP contribution in [0, 0.1) is 16.0 Å². The highest BCUT2D eigenvalue weighted by Crippen LogP contribution is 2.32. The van der Waals surface area contributed by atoms with Crippen LogP contribution in [0.1, 0.15) is 30.1 Å². The van der Waals surface area contributed by atoms with Gasteiger partial charge in [-0.1, -0.05) is 13.0 Å². The molecule has 2 rings (SSSR count). The number of carbonyl (C=O) groups is 2. The number of rotatable bonds is 7. The maximum atomic E-state index is 12.1. The molecule has 1 unspecified atom stereocenters. The van der Waals surface area contributed by atoms with E-state index < -0.39 is 23.4 Å². The fourth-order valence-electron chi connectivity index (χ4n) is 2.92. The third kappa shape index (κ3) is 5.05. The number of hydrogen-bond donors (Lipinski definition) is 1. The molecule has 1 fully saturated rings. The van der Waals surface area contributed by atoms with Crippen molar-refractivity contribution < 1.29 is 19.2 Å². The molecule has 0 radical (unpaired) electrons. The minimum absolute atomic E-state index is 0.0435. The smallest absolute Gasteiger partial charge is 0.338 e. The van der Waals surface area contributed by atoms with E-state index in [0.717, 1.165) is 25.9 Å². The van der Waals surface area contributed by atoms with Gasteiger partial charge in [-0.25, -0.2) is 4.79 Å². The third-order valence-corrected chi connectivity index (χ3v) is 4.18. The Balaban J connectivity index is 2.11. The Labute approximate surface area is 152 Å². The lowest BCUT2D eigenvalue weighted by atomic mass is 9.99. The summed E-state index contributed by atoms with van der Waals surface area (Å²) in [5.74, 6) is -0.783. The maximum absolute atomic E-state index is 12.1. The molecule has 0 aromatic heterocycles. The molecular weight excluding hydrogens is 338 g/mol. The molecule has 1 saturated heterocycles. The fraction of sp³-hybridized carbons (Fsp3) is 0.444. The summed E-state index contributed by atoms with van der Waals surface area (Å²) in [6, 6.07) is 4.27. The van der Waals surface area contributed by atoms with Crippen LogP contribution < -0.4 is 10.2 Å². The van der Waals surface area contributed by atoms with Crippen LogP contribution in [0.4, 0.5) is 11.4 Å². The summed E-state index contributed by atoms with van der Waals surface area (Å²) in [5, 5.41) is 13.9. The van der Waals surface area contributed by atoms with Gasteiger partial charge in [0.15, 0.2) is 6.61 Å². The van der Waals surface area contributed by atoms with Crippen molar-refractivity contribution in [3.8, 4) is 0 Å². The molecule has 8 nitrogen and oxygen atoms in total. The van der Waals surface area contributed by atoms with Crippen LogP contribution >= 0.6 is 0 Å². The second kappa shape index (κ2) is 8.98. The van der Waals surface area contributed by atoms with Gasteiger partial charge >= 0.3 is 5.97 Å². The maximum Gasteiger partial charge on any atom is 0.338 e. The Morgan fingerprint density at radius 1 is 1.50 bits per heavy atom. The van der Waals surface area contributed by atoms with Crippen LogP contribution in [-0.2, 0) is 9.53 Å². The molecule has 1 aliphatic heterocycles. The van der Waals surface area contributed by atoms with Crippen molar-refractivity contribution in [1.29, 1.82) is 0 Å². The number of nitrogens with one attached hydrogen (secondary N) is 1. The molecule has 1 N–H and O–H groups in total. The summed E-state index contributed by atoms with van der Waals surface area (Å²) in [7, 11) is 0. The number of amides is 1. The van der Waals surface area contributed by atoms with Crippen molar-refractivity contribution in [2.24, 2.45) is 5.92 Å². The molecule has 1 aliphatic rings. The van der Waals surface area contributed by atoms with Gasteiger partial charge in [0.2, 0.25) is 0 Å². The SMILES string of the molecule is C=CCNC(=O)COC(=O)c1ccc(N2CCCC(C)C2)c([N+](=O)[O-])c1. The van der Waals surface area contributed by atoms with Crippen LogP contribution in [0.5, 0.6) is 0 Å². The number of nitrogens with zero attached hydrogens (tertiary/aromatic N) is 2. The summed E-state index contributed by atoms with van der Waals surface area (Å²) < 4.78 is 4.90. The van der Waals surface area contributed by atoms with Crippen LogP contribution in [-0.4, -0.2) is 43.0 Å². The van der Waals surface area contributed by atoms with Gasteiger partial charge in [0.25, 0.3) is 11.6 Å². The van der Waals surface area contributed by atoms with Gasteiger partial charge in [0.05, 0.1) is 10.5 Å². The first-order chi connectivity index (χ1) is 12.4. The fourth-order valence-corrected chi connectivity index (χ4v) is 2.92.